The van der Waals surface area contributed by atoms with Gasteiger partial charge >= 0.3 is 5.97 Å². The van der Waals surface area contributed by atoms with Crippen molar-refractivity contribution in [2.75, 3.05) is 4.90 Å². The Morgan fingerprint density at radius 2 is 1.79 bits per heavy atom. The van der Waals surface area contributed by atoms with Gasteiger partial charge in [-0.2, -0.15) is 5.10 Å². The van der Waals surface area contributed by atoms with E-state index in [0.717, 1.165) is 53.4 Å². The number of carbonyl (C=O) groups is 2. The molecule has 0 saturated heterocycles. The number of rotatable bonds is 5. The summed E-state index contributed by atoms with van der Waals surface area (Å²) in [5.74, 6) is 0.200. The third-order valence-corrected chi connectivity index (χ3v) is 7.99. The molecule has 0 N–H and O–H groups in total. The molecule has 1 atom stereocenters. The predicted octanol–water partition coefficient (Wildman–Crippen LogP) is 6.02. The van der Waals surface area contributed by atoms with Gasteiger partial charge in [-0.15, -0.1) is 0 Å². The van der Waals surface area contributed by atoms with Crippen molar-refractivity contribution in [3.8, 4) is 0 Å². The molecule has 2 aliphatic rings. The second-order valence-corrected chi connectivity index (χ2v) is 10.9. The first kappa shape index (κ1) is 24.7. The zero-order valence-electron chi connectivity index (χ0n) is 22.3. The molecule has 1 aliphatic heterocycles. The molecule has 6 rings (SSSR count). The Morgan fingerprint density at radius 3 is 2.53 bits per heavy atom. The topological polar surface area (TPSA) is 86.8 Å². The molecule has 198 valence electrons. The van der Waals surface area contributed by atoms with Gasteiger partial charge in [-0.25, -0.2) is 4.79 Å². The molecule has 8 heteroatoms. The highest BCUT2D eigenvalue weighted by Gasteiger charge is 2.38. The molecule has 0 spiro atoms. The number of esters is 1. The molecule has 2 aromatic heterocycles. The standard InChI is InChI=1S/C30H33N3O5/c1-17-5-8-21(9-6-17)29(34)33-19(3)37-30(35)25-14-28-24(13-26(25)33)23-10-7-20(12-27(23)38-28)15-36-16-22-11-18(2)31-32(22)4/h7,10-14,17,19,21H,5-6,8-9,15-16H2,1-4H3. The van der Waals surface area contributed by atoms with Crippen LogP contribution >= 0.6 is 0 Å². The molecule has 1 unspecified atom stereocenters. The first-order valence-electron chi connectivity index (χ1n) is 13.4. The van der Waals surface area contributed by atoms with Gasteiger partial charge < -0.3 is 13.9 Å². The minimum Gasteiger partial charge on any atom is -0.456 e. The first-order valence-corrected chi connectivity index (χ1v) is 13.4. The van der Waals surface area contributed by atoms with Crippen LogP contribution in [0.2, 0.25) is 0 Å². The van der Waals surface area contributed by atoms with Crippen molar-refractivity contribution in [1.29, 1.82) is 0 Å². The number of hydrogen-bond donors (Lipinski definition) is 0. The number of anilines is 1. The minimum atomic E-state index is -0.649. The lowest BCUT2D eigenvalue weighted by Crippen LogP contribution is -2.48. The lowest BCUT2D eigenvalue weighted by molar-refractivity contribution is -0.125. The molecule has 0 radical (unpaired) electrons. The molecule has 3 heterocycles. The fourth-order valence-corrected chi connectivity index (χ4v) is 5.85. The van der Waals surface area contributed by atoms with E-state index in [-0.39, 0.29) is 11.8 Å². The smallest absolute Gasteiger partial charge is 0.342 e. The molecular formula is C30H33N3O5. The van der Waals surface area contributed by atoms with Gasteiger partial charge in [-0.3, -0.25) is 14.4 Å². The van der Waals surface area contributed by atoms with Gasteiger partial charge in [0.25, 0.3) is 0 Å². The van der Waals surface area contributed by atoms with Crippen LogP contribution in [0.25, 0.3) is 21.9 Å². The van der Waals surface area contributed by atoms with Gasteiger partial charge in [-0.1, -0.05) is 19.1 Å². The molecule has 1 saturated carbocycles. The van der Waals surface area contributed by atoms with Crippen LogP contribution in [0.1, 0.15) is 66.8 Å². The molecule has 1 aliphatic carbocycles. The monoisotopic (exact) mass is 515 g/mol. The van der Waals surface area contributed by atoms with Crippen molar-refractivity contribution in [1.82, 2.24) is 9.78 Å². The van der Waals surface area contributed by atoms with Gasteiger partial charge in [0.1, 0.15) is 11.2 Å². The Kier molecular flexibility index (Phi) is 6.22. The maximum atomic E-state index is 13.6. The van der Waals surface area contributed by atoms with Crippen molar-refractivity contribution in [2.24, 2.45) is 18.9 Å². The van der Waals surface area contributed by atoms with E-state index >= 15 is 0 Å². The lowest BCUT2D eigenvalue weighted by atomic mass is 9.82. The lowest BCUT2D eigenvalue weighted by Gasteiger charge is -2.37. The number of nitrogens with zero attached hydrogens (tertiary/aromatic N) is 3. The van der Waals surface area contributed by atoms with Crippen LogP contribution in [0.4, 0.5) is 5.69 Å². The van der Waals surface area contributed by atoms with Crippen molar-refractivity contribution >= 4 is 39.5 Å². The van der Waals surface area contributed by atoms with E-state index in [1.165, 1.54) is 0 Å². The Balaban J connectivity index is 1.30. The molecule has 1 amide bonds. The van der Waals surface area contributed by atoms with Crippen molar-refractivity contribution < 1.29 is 23.5 Å². The van der Waals surface area contributed by atoms with Crippen molar-refractivity contribution in [3.05, 3.63) is 58.9 Å². The van der Waals surface area contributed by atoms with E-state index in [1.54, 1.807) is 17.9 Å². The minimum absolute atomic E-state index is 0.0355. The summed E-state index contributed by atoms with van der Waals surface area (Å²) in [7, 11) is 1.91. The number of fused-ring (bicyclic) bond motifs is 4. The Morgan fingerprint density at radius 1 is 1.03 bits per heavy atom. The first-order chi connectivity index (χ1) is 18.3. The average Bonchev–Trinajstić information content (AvgIpc) is 3.40. The summed E-state index contributed by atoms with van der Waals surface area (Å²) in [5.41, 5.74) is 5.23. The predicted molar refractivity (Wildman–Crippen MR) is 144 cm³/mol. The summed E-state index contributed by atoms with van der Waals surface area (Å²) in [5, 5.41) is 6.15. The number of aromatic nitrogens is 2. The summed E-state index contributed by atoms with van der Waals surface area (Å²) in [6.45, 7) is 6.86. The van der Waals surface area contributed by atoms with Crippen LogP contribution < -0.4 is 4.90 Å². The van der Waals surface area contributed by atoms with Crippen molar-refractivity contribution in [3.63, 3.8) is 0 Å². The summed E-state index contributed by atoms with van der Waals surface area (Å²) >= 11 is 0. The summed E-state index contributed by atoms with van der Waals surface area (Å²) in [6, 6.07) is 11.6. The van der Waals surface area contributed by atoms with Gasteiger partial charge in [0, 0.05) is 23.7 Å². The van der Waals surface area contributed by atoms with Crippen LogP contribution in [0.3, 0.4) is 0 Å². The molecule has 4 aromatic rings. The summed E-state index contributed by atoms with van der Waals surface area (Å²) in [6.07, 6.45) is 3.18. The van der Waals surface area contributed by atoms with Crippen LogP contribution in [0, 0.1) is 18.8 Å². The maximum absolute atomic E-state index is 13.6. The van der Waals surface area contributed by atoms with Crippen LogP contribution in [-0.2, 0) is 34.5 Å². The van der Waals surface area contributed by atoms with E-state index < -0.39 is 12.2 Å². The van der Waals surface area contributed by atoms with Gasteiger partial charge in [0.15, 0.2) is 6.23 Å². The number of aryl methyl sites for hydroxylation is 2. The summed E-state index contributed by atoms with van der Waals surface area (Å²) < 4.78 is 19.5. The molecule has 2 aromatic carbocycles. The third-order valence-electron chi connectivity index (χ3n) is 7.99. The number of cyclic esters (lactones) is 1. The SMILES string of the molecule is Cc1cc(COCc2ccc3c(c2)oc2cc4c(cc23)N(C(=O)C2CCC(C)CC2)C(C)OC4=O)n(C)n1. The van der Waals surface area contributed by atoms with E-state index in [0.29, 0.717) is 41.5 Å². The van der Waals surface area contributed by atoms with E-state index in [4.69, 9.17) is 13.9 Å². The molecule has 1 fully saturated rings. The number of furan rings is 1. The van der Waals surface area contributed by atoms with E-state index in [9.17, 15) is 9.59 Å². The highest BCUT2D eigenvalue weighted by atomic mass is 16.6. The van der Waals surface area contributed by atoms with E-state index in [1.807, 2.05) is 49.0 Å². The van der Waals surface area contributed by atoms with Crippen LogP contribution in [-0.4, -0.2) is 27.9 Å². The third kappa shape index (κ3) is 4.36. The number of benzene rings is 2. The van der Waals surface area contributed by atoms with Gasteiger partial charge in [0.05, 0.1) is 35.9 Å². The van der Waals surface area contributed by atoms with Gasteiger partial charge in [-0.05, 0) is 75.3 Å². The quantitative estimate of drug-likeness (QED) is 0.302. The van der Waals surface area contributed by atoms with E-state index in [2.05, 4.69) is 12.0 Å². The zero-order chi connectivity index (χ0) is 26.6. The number of ether oxygens (including phenoxy) is 2. The van der Waals surface area contributed by atoms with Crippen LogP contribution in [0.15, 0.2) is 40.8 Å². The largest absolute Gasteiger partial charge is 0.456 e. The average molecular weight is 516 g/mol. The maximum Gasteiger partial charge on any atom is 0.342 e. The second kappa shape index (κ2) is 9.58. The zero-order valence-corrected chi connectivity index (χ0v) is 22.3. The normalized spacial score (nSPS) is 21.6. The Labute approximate surface area is 221 Å². The Hall–Kier alpha value is -3.65. The summed E-state index contributed by atoms with van der Waals surface area (Å²) in [4.78, 5) is 28.2. The number of hydrogen-bond acceptors (Lipinski definition) is 6. The van der Waals surface area contributed by atoms with Crippen LogP contribution in [0.5, 0.6) is 0 Å². The molecule has 38 heavy (non-hydrogen) atoms. The second-order valence-electron chi connectivity index (χ2n) is 10.9. The highest BCUT2D eigenvalue weighted by molar-refractivity contribution is 6.13. The molecule has 8 nitrogen and oxygen atoms in total. The fourth-order valence-electron chi connectivity index (χ4n) is 5.85. The molecule has 0 bridgehead atoms. The Bertz CT molecular complexity index is 1540. The van der Waals surface area contributed by atoms with Crippen molar-refractivity contribution in [2.45, 2.75) is 65.9 Å². The fraction of sp³-hybridized carbons (Fsp3) is 0.433. The van der Waals surface area contributed by atoms with Gasteiger partial charge in [0.2, 0.25) is 5.91 Å². The highest BCUT2D eigenvalue weighted by Crippen LogP contribution is 2.40. The number of amides is 1. The number of carbonyl (C=O) groups excluding carboxylic acids is 2. The molecular weight excluding hydrogens is 482 g/mol.